The van der Waals surface area contributed by atoms with Crippen molar-refractivity contribution in [2.24, 2.45) is 0 Å². The summed E-state index contributed by atoms with van der Waals surface area (Å²) < 4.78 is 44.5. The molecule has 4 rings (SSSR count). The molecule has 0 amide bonds. The molecule has 0 N–H and O–H groups in total. The molecular formula is C52H48O14. The lowest BCUT2D eigenvalue weighted by molar-refractivity contribution is -0.132. The molecule has 4 aromatic rings. The first-order valence-corrected chi connectivity index (χ1v) is 20.1. The molecule has 14 heteroatoms. The number of methoxy groups -OCH3 is 1. The van der Waals surface area contributed by atoms with Gasteiger partial charge in [0.05, 0.1) is 30.4 Å². The molecule has 0 aromatic heterocycles. The van der Waals surface area contributed by atoms with Gasteiger partial charge >= 0.3 is 35.8 Å². The number of carbonyl (C=O) groups is 6. The van der Waals surface area contributed by atoms with Crippen LogP contribution in [0.5, 0.6) is 46.0 Å². The van der Waals surface area contributed by atoms with E-state index in [9.17, 15) is 28.8 Å². The van der Waals surface area contributed by atoms with Crippen molar-refractivity contribution in [3.05, 3.63) is 149 Å². The van der Waals surface area contributed by atoms with Crippen molar-refractivity contribution >= 4 is 41.4 Å². The van der Waals surface area contributed by atoms with Crippen LogP contribution in [0.1, 0.15) is 80.6 Å². The molecule has 0 aliphatic carbocycles. The average Bonchev–Trinajstić information content (AvgIpc) is 3.28. The summed E-state index contributed by atoms with van der Waals surface area (Å²) in [6, 6.07) is 16.3. The van der Waals surface area contributed by atoms with Crippen LogP contribution in [0, 0.1) is 18.8 Å². The van der Waals surface area contributed by atoms with Crippen LogP contribution in [0.3, 0.4) is 0 Å². The second-order valence-corrected chi connectivity index (χ2v) is 14.5. The van der Waals surface area contributed by atoms with E-state index >= 15 is 0 Å². The van der Waals surface area contributed by atoms with Gasteiger partial charge in [-0.05, 0) is 107 Å². The van der Waals surface area contributed by atoms with Gasteiger partial charge in [0.2, 0.25) is 5.75 Å². The second kappa shape index (κ2) is 22.8. The maximum Gasteiger partial charge on any atom is 0.343 e. The van der Waals surface area contributed by atoms with Crippen molar-refractivity contribution < 1.29 is 66.7 Å². The fourth-order valence-corrected chi connectivity index (χ4v) is 5.39. The summed E-state index contributed by atoms with van der Waals surface area (Å²) in [6.45, 7) is 25.7. The fraction of sp³-hybridized carbons (Fsp3) is 0.192. The number of ether oxygens (including phenoxy) is 8. The quantitative estimate of drug-likeness (QED) is 0.0424. The summed E-state index contributed by atoms with van der Waals surface area (Å²) in [5, 5.41) is 0. The van der Waals surface area contributed by atoms with E-state index in [1.807, 2.05) is 6.92 Å². The molecule has 0 unspecified atom stereocenters. The van der Waals surface area contributed by atoms with Crippen LogP contribution in [0.4, 0.5) is 0 Å². The van der Waals surface area contributed by atoms with Crippen molar-refractivity contribution in [3.8, 4) is 57.8 Å². The highest BCUT2D eigenvalue weighted by Crippen LogP contribution is 2.43. The number of aryl methyl sites for hydroxylation is 1. The summed E-state index contributed by atoms with van der Waals surface area (Å²) >= 11 is 0. The summed E-state index contributed by atoms with van der Waals surface area (Å²) in [5.41, 5.74) is 2.80. The molecule has 0 saturated heterocycles. The van der Waals surface area contributed by atoms with Crippen LogP contribution in [0.2, 0.25) is 0 Å². The highest BCUT2D eigenvalue weighted by atomic mass is 16.6. The van der Waals surface area contributed by atoms with Crippen LogP contribution >= 0.6 is 0 Å². The SMILES string of the molecule is C=CC(=O)Oc1ccc(C#Cc2c(C)cc(OC(=O)c3ccc(/C(C)=C(\C)C(=O)Oc4ccc(OC(=O)C(=C)C)c(OC(=O)C(=C)C)c4)cc3)c(OC)c2OC(=O)C(=C)C)c(OCCC)c1. The van der Waals surface area contributed by atoms with Gasteiger partial charge in [-0.2, -0.15) is 0 Å². The molecule has 0 bridgehead atoms. The maximum absolute atomic E-state index is 13.6. The van der Waals surface area contributed by atoms with E-state index < -0.39 is 35.8 Å². The standard InChI is InChI=1S/C52H48O14/c1-13-25-60-42-27-38(61-45(53)14-2)21-19-36(42)20-23-40-32(9)26-44(47(59-12)46(40)66-50(56)31(7)8)65-52(58)37-17-15-35(16-18-37)33(10)34(11)51(57)62-39-22-24-41(63-48(54)29(3)4)43(28-39)64-49(55)30(5)6/h14-19,21-22,24,26-28H,2-3,5,7,13,25H2,1,4,6,8-12H3/b34-33+. The van der Waals surface area contributed by atoms with E-state index in [2.05, 4.69) is 38.2 Å². The first kappa shape index (κ1) is 50.2. The highest BCUT2D eigenvalue weighted by molar-refractivity contribution is 5.99. The molecule has 0 radical (unpaired) electrons. The van der Waals surface area contributed by atoms with Crippen molar-refractivity contribution in [1.82, 2.24) is 0 Å². The zero-order valence-electron chi connectivity index (χ0n) is 37.9. The van der Waals surface area contributed by atoms with Crippen LogP contribution in [0.15, 0.2) is 121 Å². The van der Waals surface area contributed by atoms with Gasteiger partial charge in [-0.15, -0.1) is 0 Å². The number of benzene rings is 4. The lowest BCUT2D eigenvalue weighted by Gasteiger charge is -2.17. The summed E-state index contributed by atoms with van der Waals surface area (Å²) in [4.78, 5) is 76.2. The van der Waals surface area contributed by atoms with Gasteiger partial charge in [-0.3, -0.25) is 0 Å². The topological polar surface area (TPSA) is 176 Å². The van der Waals surface area contributed by atoms with Gasteiger partial charge in [0, 0.05) is 40.5 Å². The first-order valence-electron chi connectivity index (χ1n) is 20.1. The Kier molecular flexibility index (Phi) is 17.3. The van der Waals surface area contributed by atoms with Gasteiger partial charge in [-0.25, -0.2) is 28.8 Å². The van der Waals surface area contributed by atoms with E-state index in [4.69, 9.17) is 37.9 Å². The predicted octanol–water partition coefficient (Wildman–Crippen LogP) is 9.35. The van der Waals surface area contributed by atoms with Crippen molar-refractivity contribution in [1.29, 1.82) is 0 Å². The molecule has 0 fully saturated rings. The maximum atomic E-state index is 13.6. The van der Waals surface area contributed by atoms with Crippen LogP contribution in [0.25, 0.3) is 5.57 Å². The highest BCUT2D eigenvalue weighted by Gasteiger charge is 2.25. The molecule has 0 atom stereocenters. The normalized spacial score (nSPS) is 10.7. The average molecular weight is 897 g/mol. The molecule has 66 heavy (non-hydrogen) atoms. The van der Waals surface area contributed by atoms with Gasteiger partial charge in [0.1, 0.15) is 17.2 Å². The minimum absolute atomic E-state index is 0.0145. The second-order valence-electron chi connectivity index (χ2n) is 14.5. The van der Waals surface area contributed by atoms with Crippen molar-refractivity contribution in [2.75, 3.05) is 13.7 Å². The Morgan fingerprint density at radius 3 is 1.74 bits per heavy atom. The minimum Gasteiger partial charge on any atom is -0.492 e. The molecule has 0 saturated carbocycles. The monoisotopic (exact) mass is 896 g/mol. The third-order valence-electron chi connectivity index (χ3n) is 9.12. The van der Waals surface area contributed by atoms with E-state index in [1.54, 1.807) is 45.0 Å². The Morgan fingerprint density at radius 1 is 0.591 bits per heavy atom. The van der Waals surface area contributed by atoms with E-state index in [0.29, 0.717) is 41.0 Å². The zero-order chi connectivity index (χ0) is 48.8. The van der Waals surface area contributed by atoms with Crippen LogP contribution in [-0.2, 0) is 24.0 Å². The molecule has 4 aromatic carbocycles. The summed E-state index contributed by atoms with van der Waals surface area (Å²) in [7, 11) is 1.31. The Morgan fingerprint density at radius 2 is 1.15 bits per heavy atom. The predicted molar refractivity (Wildman–Crippen MR) is 245 cm³/mol. The summed E-state index contributed by atoms with van der Waals surface area (Å²) in [5.74, 6) is 1.50. The minimum atomic E-state index is -0.795. The van der Waals surface area contributed by atoms with Crippen LogP contribution < -0.4 is 37.9 Å². The van der Waals surface area contributed by atoms with Crippen LogP contribution in [-0.4, -0.2) is 49.5 Å². The molecule has 0 aliphatic heterocycles. The van der Waals surface area contributed by atoms with Crippen molar-refractivity contribution in [2.45, 2.75) is 54.9 Å². The van der Waals surface area contributed by atoms with E-state index in [1.165, 1.54) is 70.3 Å². The smallest absolute Gasteiger partial charge is 0.343 e. The Hall–Kier alpha value is -8.44. The van der Waals surface area contributed by atoms with Gasteiger partial charge in [0.25, 0.3) is 0 Å². The molecular weight excluding hydrogens is 849 g/mol. The molecule has 0 aliphatic rings. The number of esters is 6. The summed E-state index contributed by atoms with van der Waals surface area (Å²) in [6.07, 6.45) is 1.73. The first-order chi connectivity index (χ1) is 31.3. The Labute approximate surface area is 382 Å². The number of hydrogen-bond acceptors (Lipinski definition) is 14. The fourth-order valence-electron chi connectivity index (χ4n) is 5.39. The molecule has 340 valence electrons. The van der Waals surface area contributed by atoms with E-state index in [0.717, 1.165) is 6.08 Å². The third kappa shape index (κ3) is 13.1. The largest absolute Gasteiger partial charge is 0.492 e. The third-order valence-corrected chi connectivity index (χ3v) is 9.12. The lowest BCUT2D eigenvalue weighted by Crippen LogP contribution is -2.14. The number of carbonyl (C=O) groups excluding carboxylic acids is 6. The molecule has 14 nitrogen and oxygen atoms in total. The van der Waals surface area contributed by atoms with E-state index in [-0.39, 0.29) is 73.7 Å². The number of hydrogen-bond donors (Lipinski definition) is 0. The van der Waals surface area contributed by atoms with Gasteiger partial charge < -0.3 is 37.9 Å². The van der Waals surface area contributed by atoms with Gasteiger partial charge in [-0.1, -0.05) is 57.2 Å². The van der Waals surface area contributed by atoms with Gasteiger partial charge in [0.15, 0.2) is 23.0 Å². The molecule has 0 spiro atoms. The zero-order valence-corrected chi connectivity index (χ0v) is 37.9. The lowest BCUT2D eigenvalue weighted by atomic mass is 10.0. The van der Waals surface area contributed by atoms with Crippen molar-refractivity contribution in [3.63, 3.8) is 0 Å². The Balaban J connectivity index is 1.63. The molecule has 0 heterocycles. The Bertz CT molecular complexity index is 2760. The number of rotatable bonds is 17. The number of allylic oxidation sites excluding steroid dienone is 1.